The number of rotatable bonds is 8. The smallest absolute Gasteiger partial charge is 0.405 e. The molecule has 3 aromatic rings. The molecule has 0 aliphatic rings. The molecule has 0 radical (unpaired) electrons. The second kappa shape index (κ2) is 10.3. The summed E-state index contributed by atoms with van der Waals surface area (Å²) in [5, 5.41) is 6.93. The molecule has 1 heterocycles. The van der Waals surface area contributed by atoms with E-state index in [9.17, 15) is 22.8 Å². The number of thiazole rings is 1. The van der Waals surface area contributed by atoms with Gasteiger partial charge >= 0.3 is 6.18 Å². The Hall–Kier alpha value is -3.40. The SMILES string of the molecule is CCOc1ccccc1-c1nc(CC(=O)Nc2cccc(C(=O)NCC(F)(F)F)c2)cs1. The van der Waals surface area contributed by atoms with Gasteiger partial charge in [0.2, 0.25) is 5.91 Å². The summed E-state index contributed by atoms with van der Waals surface area (Å²) in [5.41, 5.74) is 1.71. The van der Waals surface area contributed by atoms with Gasteiger partial charge in [0.15, 0.2) is 0 Å². The lowest BCUT2D eigenvalue weighted by Gasteiger charge is -2.10. The molecule has 32 heavy (non-hydrogen) atoms. The van der Waals surface area contributed by atoms with Crippen LogP contribution in [-0.4, -0.2) is 36.1 Å². The fourth-order valence-electron chi connectivity index (χ4n) is 2.83. The van der Waals surface area contributed by atoms with Gasteiger partial charge in [-0.2, -0.15) is 13.2 Å². The van der Waals surface area contributed by atoms with Crippen LogP contribution >= 0.6 is 11.3 Å². The Balaban J connectivity index is 1.63. The van der Waals surface area contributed by atoms with Gasteiger partial charge in [0.25, 0.3) is 5.91 Å². The minimum Gasteiger partial charge on any atom is -0.493 e. The highest BCUT2D eigenvalue weighted by atomic mass is 32.1. The Morgan fingerprint density at radius 3 is 2.66 bits per heavy atom. The van der Waals surface area contributed by atoms with Gasteiger partial charge in [-0.1, -0.05) is 18.2 Å². The Kier molecular flexibility index (Phi) is 7.47. The number of alkyl halides is 3. The number of hydrogen-bond acceptors (Lipinski definition) is 5. The molecular formula is C22H20F3N3O3S. The van der Waals surface area contributed by atoms with Crippen LogP contribution in [-0.2, 0) is 11.2 Å². The molecule has 1 aromatic heterocycles. The topological polar surface area (TPSA) is 80.3 Å². The first-order valence-corrected chi connectivity index (χ1v) is 10.5. The van der Waals surface area contributed by atoms with Crippen molar-refractivity contribution in [2.45, 2.75) is 19.5 Å². The number of nitrogens with one attached hydrogen (secondary N) is 2. The summed E-state index contributed by atoms with van der Waals surface area (Å²) in [6.07, 6.45) is -4.51. The zero-order chi connectivity index (χ0) is 23.1. The number of benzene rings is 2. The average Bonchev–Trinajstić information content (AvgIpc) is 3.20. The van der Waals surface area contributed by atoms with Gasteiger partial charge < -0.3 is 15.4 Å². The van der Waals surface area contributed by atoms with E-state index in [2.05, 4.69) is 10.3 Å². The normalized spacial score (nSPS) is 11.1. The lowest BCUT2D eigenvalue weighted by atomic mass is 10.2. The lowest BCUT2D eigenvalue weighted by Crippen LogP contribution is -2.33. The third-order valence-corrected chi connectivity index (χ3v) is 5.09. The molecule has 0 unspecified atom stereocenters. The molecule has 2 amide bonds. The van der Waals surface area contributed by atoms with E-state index in [0.29, 0.717) is 23.7 Å². The van der Waals surface area contributed by atoms with E-state index >= 15 is 0 Å². The zero-order valence-corrected chi connectivity index (χ0v) is 17.8. The minimum absolute atomic E-state index is 0.00218. The van der Waals surface area contributed by atoms with E-state index < -0.39 is 18.6 Å². The van der Waals surface area contributed by atoms with Crippen molar-refractivity contribution in [3.63, 3.8) is 0 Å². The standard InChI is InChI=1S/C22H20F3N3O3S/c1-2-31-18-9-4-3-8-17(18)21-28-16(12-32-21)11-19(29)27-15-7-5-6-14(10-15)20(30)26-13-22(23,24)25/h3-10,12H,2,11,13H2,1H3,(H,26,30)(H,27,29). The Morgan fingerprint density at radius 2 is 1.91 bits per heavy atom. The van der Waals surface area contributed by atoms with Crippen molar-refractivity contribution in [1.82, 2.24) is 10.3 Å². The van der Waals surface area contributed by atoms with Gasteiger partial charge in [-0.3, -0.25) is 9.59 Å². The van der Waals surface area contributed by atoms with Crippen LogP contribution in [0, 0.1) is 0 Å². The Morgan fingerprint density at radius 1 is 1.12 bits per heavy atom. The summed E-state index contributed by atoms with van der Waals surface area (Å²) in [4.78, 5) is 28.8. The number of aromatic nitrogens is 1. The number of halogens is 3. The first-order chi connectivity index (χ1) is 15.2. The second-order valence-electron chi connectivity index (χ2n) is 6.68. The van der Waals surface area contributed by atoms with Gasteiger partial charge in [0, 0.05) is 16.6 Å². The largest absolute Gasteiger partial charge is 0.493 e. The molecule has 2 N–H and O–H groups in total. The maximum Gasteiger partial charge on any atom is 0.405 e. The molecule has 6 nitrogen and oxygen atoms in total. The van der Waals surface area contributed by atoms with E-state index in [4.69, 9.17) is 4.74 Å². The van der Waals surface area contributed by atoms with Crippen molar-refractivity contribution in [3.8, 4) is 16.3 Å². The highest BCUT2D eigenvalue weighted by Crippen LogP contribution is 2.32. The fraction of sp³-hybridized carbons (Fsp3) is 0.227. The van der Waals surface area contributed by atoms with Crippen molar-refractivity contribution in [2.24, 2.45) is 0 Å². The van der Waals surface area contributed by atoms with Gasteiger partial charge in [0.05, 0.1) is 24.3 Å². The molecule has 168 valence electrons. The number of anilines is 1. The second-order valence-corrected chi connectivity index (χ2v) is 7.53. The monoisotopic (exact) mass is 463 g/mol. The summed E-state index contributed by atoms with van der Waals surface area (Å²) < 4.78 is 42.5. The summed E-state index contributed by atoms with van der Waals surface area (Å²) in [7, 11) is 0. The van der Waals surface area contributed by atoms with Gasteiger partial charge in [0.1, 0.15) is 17.3 Å². The molecule has 0 bridgehead atoms. The van der Waals surface area contributed by atoms with E-state index in [1.54, 1.807) is 16.8 Å². The van der Waals surface area contributed by atoms with E-state index in [-0.39, 0.29) is 17.9 Å². The maximum absolute atomic E-state index is 12.4. The molecule has 0 saturated heterocycles. The van der Waals surface area contributed by atoms with Crippen LogP contribution in [0.4, 0.5) is 18.9 Å². The third-order valence-electron chi connectivity index (χ3n) is 4.17. The third kappa shape index (κ3) is 6.55. The average molecular weight is 463 g/mol. The van der Waals surface area contributed by atoms with E-state index in [1.165, 1.54) is 29.5 Å². The predicted molar refractivity (Wildman–Crippen MR) is 116 cm³/mol. The highest BCUT2D eigenvalue weighted by Gasteiger charge is 2.28. The number of nitrogens with zero attached hydrogens (tertiary/aromatic N) is 1. The summed E-state index contributed by atoms with van der Waals surface area (Å²) in [6.45, 7) is 0.981. The van der Waals surface area contributed by atoms with Gasteiger partial charge in [-0.25, -0.2) is 4.98 Å². The van der Waals surface area contributed by atoms with E-state index in [0.717, 1.165) is 10.6 Å². The molecule has 3 rings (SSSR count). The number of carbonyl (C=O) groups excluding carboxylic acids is 2. The fourth-order valence-corrected chi connectivity index (χ4v) is 3.68. The quantitative estimate of drug-likeness (QED) is 0.508. The van der Waals surface area contributed by atoms with Crippen molar-refractivity contribution in [3.05, 3.63) is 65.2 Å². The summed E-state index contributed by atoms with van der Waals surface area (Å²) >= 11 is 1.39. The number of ether oxygens (including phenoxy) is 1. The molecule has 0 fully saturated rings. The summed E-state index contributed by atoms with van der Waals surface area (Å²) in [6, 6.07) is 13.2. The van der Waals surface area contributed by atoms with Crippen LogP contribution in [0.25, 0.3) is 10.6 Å². The minimum atomic E-state index is -4.50. The first kappa shape index (κ1) is 23.3. The molecule has 10 heteroatoms. The lowest BCUT2D eigenvalue weighted by molar-refractivity contribution is -0.123. The van der Waals surface area contributed by atoms with Crippen LogP contribution in [0.2, 0.25) is 0 Å². The van der Waals surface area contributed by atoms with Gasteiger partial charge in [-0.15, -0.1) is 11.3 Å². The highest BCUT2D eigenvalue weighted by molar-refractivity contribution is 7.13. The van der Waals surface area contributed by atoms with E-state index in [1.807, 2.05) is 31.2 Å². The summed E-state index contributed by atoms with van der Waals surface area (Å²) in [5.74, 6) is -0.538. The van der Waals surface area contributed by atoms with Crippen LogP contribution in [0.3, 0.4) is 0 Å². The van der Waals surface area contributed by atoms with Crippen LogP contribution in [0.15, 0.2) is 53.9 Å². The predicted octanol–water partition coefficient (Wildman–Crippen LogP) is 4.68. The van der Waals surface area contributed by atoms with Gasteiger partial charge in [-0.05, 0) is 37.3 Å². The van der Waals surface area contributed by atoms with Crippen LogP contribution in [0.1, 0.15) is 23.0 Å². The Bertz CT molecular complexity index is 1100. The van der Waals surface area contributed by atoms with Crippen molar-refractivity contribution in [1.29, 1.82) is 0 Å². The molecule has 2 aromatic carbocycles. The molecule has 0 atom stereocenters. The van der Waals surface area contributed by atoms with Crippen LogP contribution in [0.5, 0.6) is 5.75 Å². The van der Waals surface area contributed by atoms with Crippen molar-refractivity contribution >= 4 is 28.8 Å². The number of para-hydroxylation sites is 1. The molecule has 0 aliphatic carbocycles. The molecular weight excluding hydrogens is 443 g/mol. The first-order valence-electron chi connectivity index (χ1n) is 9.66. The van der Waals surface area contributed by atoms with Crippen molar-refractivity contribution in [2.75, 3.05) is 18.5 Å². The number of amides is 2. The zero-order valence-electron chi connectivity index (χ0n) is 17.0. The number of carbonyl (C=O) groups is 2. The Labute approximate surface area is 186 Å². The maximum atomic E-state index is 12.4. The number of hydrogen-bond donors (Lipinski definition) is 2. The molecule has 0 spiro atoms. The molecule has 0 aliphatic heterocycles. The molecule has 0 saturated carbocycles. The van der Waals surface area contributed by atoms with Crippen molar-refractivity contribution < 1.29 is 27.5 Å². The van der Waals surface area contributed by atoms with Crippen LogP contribution < -0.4 is 15.4 Å².